The minimum Gasteiger partial charge on any atom is -0.457 e. The third-order valence-corrected chi connectivity index (χ3v) is 10.3. The van der Waals surface area contributed by atoms with E-state index in [9.17, 15) is 0 Å². The van der Waals surface area contributed by atoms with Gasteiger partial charge in [-0.05, 0) is 152 Å². The molecule has 0 unspecified atom stereocenters. The molecule has 0 aliphatic heterocycles. The van der Waals surface area contributed by atoms with Gasteiger partial charge in [-0.1, -0.05) is 68.3 Å². The van der Waals surface area contributed by atoms with Gasteiger partial charge < -0.3 is 4.74 Å². The summed E-state index contributed by atoms with van der Waals surface area (Å²) < 4.78 is 6.75. The number of ether oxygens (including phenoxy) is 1. The van der Waals surface area contributed by atoms with E-state index >= 15 is 0 Å². The van der Waals surface area contributed by atoms with Gasteiger partial charge >= 0.3 is 0 Å². The first-order valence-electron chi connectivity index (χ1n) is 16.2. The lowest BCUT2D eigenvalue weighted by Crippen LogP contribution is -2.12. The Labute approximate surface area is 241 Å². The van der Waals surface area contributed by atoms with Crippen molar-refractivity contribution in [3.63, 3.8) is 0 Å². The summed E-state index contributed by atoms with van der Waals surface area (Å²) in [6.07, 6.45) is 20.4. The van der Waals surface area contributed by atoms with E-state index in [0.717, 1.165) is 29.8 Å². The largest absolute Gasteiger partial charge is 0.457 e. The molecule has 0 spiro atoms. The molecule has 0 aromatic heterocycles. The molecule has 3 aromatic carbocycles. The molecule has 4 aliphatic carbocycles. The van der Waals surface area contributed by atoms with Crippen molar-refractivity contribution in [1.82, 2.24) is 0 Å². The maximum absolute atomic E-state index is 6.75. The molecule has 7 rings (SSSR count). The summed E-state index contributed by atoms with van der Waals surface area (Å²) >= 11 is 0. The van der Waals surface area contributed by atoms with Crippen LogP contribution in [-0.4, -0.2) is 0 Å². The average Bonchev–Trinajstić information content (AvgIpc) is 3.02. The number of allylic oxidation sites excluding steroid dienone is 4. The molecule has 1 nitrogen and oxygen atoms in total. The van der Waals surface area contributed by atoms with E-state index in [2.05, 4.69) is 73.7 Å². The molecule has 2 fully saturated rings. The van der Waals surface area contributed by atoms with E-state index in [1.54, 1.807) is 27.8 Å². The molecule has 0 saturated heterocycles. The fourth-order valence-corrected chi connectivity index (χ4v) is 7.92. The Bertz CT molecular complexity index is 1410. The molecular weight excluding hydrogens is 484 g/mol. The van der Waals surface area contributed by atoms with Gasteiger partial charge in [0.2, 0.25) is 0 Å². The molecule has 4 aliphatic rings. The molecule has 0 atom stereocenters. The average molecular weight is 529 g/mol. The number of benzene rings is 3. The van der Waals surface area contributed by atoms with Crippen molar-refractivity contribution in [3.05, 3.63) is 100 Å². The van der Waals surface area contributed by atoms with E-state index in [0.29, 0.717) is 0 Å². The van der Waals surface area contributed by atoms with Crippen molar-refractivity contribution >= 4 is 5.57 Å². The molecule has 2 saturated carbocycles. The second-order valence-corrected chi connectivity index (χ2v) is 12.9. The van der Waals surface area contributed by atoms with Crippen molar-refractivity contribution in [2.45, 2.75) is 103 Å². The second kappa shape index (κ2) is 11.4. The van der Waals surface area contributed by atoms with Crippen LogP contribution in [0.25, 0.3) is 16.7 Å². The van der Waals surface area contributed by atoms with Gasteiger partial charge in [0.25, 0.3) is 0 Å². The lowest BCUT2D eigenvalue weighted by molar-refractivity contribution is 0.348. The van der Waals surface area contributed by atoms with Crippen molar-refractivity contribution in [1.29, 1.82) is 0 Å². The van der Waals surface area contributed by atoms with Crippen LogP contribution in [-0.2, 0) is 12.8 Å². The molecule has 206 valence electrons. The number of hydrogen-bond donors (Lipinski definition) is 0. The quantitative estimate of drug-likeness (QED) is 0.320. The Morgan fingerprint density at radius 2 is 1.32 bits per heavy atom. The SMILES string of the molecule is CC1CCC(c2ccc(-c3ccc(Oc4ccc5c(c4C4=C6CCCCC6=CCC4)CCCC5)cc3)cc2)CC1. The number of rotatable bonds is 5. The summed E-state index contributed by atoms with van der Waals surface area (Å²) in [5, 5.41) is 0. The third-order valence-electron chi connectivity index (χ3n) is 10.3. The van der Waals surface area contributed by atoms with Crippen LogP contribution in [0, 0.1) is 5.92 Å². The number of hydrogen-bond acceptors (Lipinski definition) is 1. The number of fused-ring (bicyclic) bond motifs is 2. The van der Waals surface area contributed by atoms with Crippen LogP contribution in [0.5, 0.6) is 11.5 Å². The molecule has 3 aromatic rings. The Kier molecular flexibility index (Phi) is 7.40. The summed E-state index contributed by atoms with van der Waals surface area (Å²) in [5.41, 5.74) is 13.5. The van der Waals surface area contributed by atoms with Gasteiger partial charge in [-0.3, -0.25) is 0 Å². The van der Waals surface area contributed by atoms with E-state index in [1.807, 2.05) is 0 Å². The minimum absolute atomic E-state index is 0.743. The van der Waals surface area contributed by atoms with Gasteiger partial charge in [0.05, 0.1) is 0 Å². The Morgan fingerprint density at radius 1 is 0.625 bits per heavy atom. The highest BCUT2D eigenvalue weighted by molar-refractivity contribution is 5.81. The molecule has 0 bridgehead atoms. The molecule has 0 amide bonds. The van der Waals surface area contributed by atoms with Crippen LogP contribution >= 0.6 is 0 Å². The molecule has 0 radical (unpaired) electrons. The first kappa shape index (κ1) is 25.9. The zero-order chi connectivity index (χ0) is 26.9. The summed E-state index contributed by atoms with van der Waals surface area (Å²) in [6, 6.07) is 22.8. The fourth-order valence-electron chi connectivity index (χ4n) is 7.92. The Morgan fingerprint density at radius 3 is 2.12 bits per heavy atom. The van der Waals surface area contributed by atoms with Gasteiger partial charge in [-0.2, -0.15) is 0 Å². The van der Waals surface area contributed by atoms with Gasteiger partial charge in [-0.25, -0.2) is 0 Å². The smallest absolute Gasteiger partial charge is 0.135 e. The summed E-state index contributed by atoms with van der Waals surface area (Å²) in [5.74, 6) is 3.64. The van der Waals surface area contributed by atoms with Crippen LogP contribution < -0.4 is 4.74 Å². The van der Waals surface area contributed by atoms with Gasteiger partial charge in [0.15, 0.2) is 0 Å². The maximum atomic E-state index is 6.75. The number of aryl methyl sites for hydroxylation is 1. The minimum atomic E-state index is 0.743. The van der Waals surface area contributed by atoms with Crippen LogP contribution in [0.4, 0.5) is 0 Å². The monoisotopic (exact) mass is 528 g/mol. The molecule has 0 heterocycles. The first-order chi connectivity index (χ1) is 19.7. The zero-order valence-electron chi connectivity index (χ0n) is 24.3. The molecule has 40 heavy (non-hydrogen) atoms. The fraction of sp³-hybridized carbons (Fsp3) is 0.436. The van der Waals surface area contributed by atoms with Crippen LogP contribution in [0.15, 0.2) is 77.9 Å². The predicted octanol–water partition coefficient (Wildman–Crippen LogP) is 11.4. The van der Waals surface area contributed by atoms with E-state index in [4.69, 9.17) is 4.74 Å². The zero-order valence-corrected chi connectivity index (χ0v) is 24.3. The van der Waals surface area contributed by atoms with Crippen molar-refractivity contribution in [3.8, 4) is 22.6 Å². The lowest BCUT2D eigenvalue weighted by Gasteiger charge is -2.30. The maximum Gasteiger partial charge on any atom is 0.135 e. The van der Waals surface area contributed by atoms with E-state index < -0.39 is 0 Å². The Hall–Kier alpha value is -3.06. The lowest BCUT2D eigenvalue weighted by atomic mass is 9.76. The highest BCUT2D eigenvalue weighted by atomic mass is 16.5. The van der Waals surface area contributed by atoms with Gasteiger partial charge in [0, 0.05) is 5.56 Å². The van der Waals surface area contributed by atoms with Gasteiger partial charge in [-0.15, -0.1) is 0 Å². The van der Waals surface area contributed by atoms with Crippen molar-refractivity contribution in [2.75, 3.05) is 0 Å². The van der Waals surface area contributed by atoms with Gasteiger partial charge in [0.1, 0.15) is 11.5 Å². The van der Waals surface area contributed by atoms with Crippen molar-refractivity contribution < 1.29 is 4.74 Å². The topological polar surface area (TPSA) is 9.23 Å². The normalized spacial score (nSPS) is 22.8. The highest BCUT2D eigenvalue weighted by Gasteiger charge is 2.26. The standard InChI is InChI=1S/C39H44O/c1-27-13-15-28(16-14-27)29-17-19-30(20-18-29)31-21-24-34(25-22-31)40-38-26-23-33-8-3-5-11-36(33)39(38)37-12-6-9-32-7-2-4-10-35(32)37/h9,17-28H,2-8,10-16H2,1H3. The Balaban J connectivity index is 1.15. The van der Waals surface area contributed by atoms with Crippen LogP contribution in [0.2, 0.25) is 0 Å². The third kappa shape index (κ3) is 5.20. The summed E-state index contributed by atoms with van der Waals surface area (Å²) in [7, 11) is 0. The molecular formula is C39H44O. The first-order valence-corrected chi connectivity index (χ1v) is 16.2. The van der Waals surface area contributed by atoms with Crippen LogP contribution in [0.1, 0.15) is 112 Å². The van der Waals surface area contributed by atoms with Crippen LogP contribution in [0.3, 0.4) is 0 Å². The summed E-state index contributed by atoms with van der Waals surface area (Å²) in [6.45, 7) is 2.40. The van der Waals surface area contributed by atoms with Crippen molar-refractivity contribution in [2.24, 2.45) is 5.92 Å². The van der Waals surface area contributed by atoms with E-state index in [1.165, 1.54) is 106 Å². The second-order valence-electron chi connectivity index (χ2n) is 12.9. The molecule has 1 heteroatoms. The highest BCUT2D eigenvalue weighted by Crippen LogP contribution is 2.46. The predicted molar refractivity (Wildman–Crippen MR) is 168 cm³/mol. The van der Waals surface area contributed by atoms with E-state index in [-0.39, 0.29) is 0 Å². The molecule has 0 N–H and O–H groups in total. The summed E-state index contributed by atoms with van der Waals surface area (Å²) in [4.78, 5) is 0.